The number of carbonyl (C=O) groups is 1. The van der Waals surface area contributed by atoms with Gasteiger partial charge in [0, 0.05) is 51.7 Å². The molecule has 1 aliphatic rings. The molecule has 3 aromatic carbocycles. The Morgan fingerprint density at radius 2 is 1.79 bits per heavy atom. The molecular weight excluding hydrogens is 458 g/mol. The summed E-state index contributed by atoms with van der Waals surface area (Å²) in [4.78, 5) is 14.8. The normalized spacial score (nSPS) is 15.3. The van der Waals surface area contributed by atoms with E-state index in [4.69, 9.17) is 5.73 Å². The van der Waals surface area contributed by atoms with Crippen molar-refractivity contribution in [2.24, 2.45) is 0 Å². The van der Waals surface area contributed by atoms with Crippen molar-refractivity contribution >= 4 is 29.0 Å². The summed E-state index contributed by atoms with van der Waals surface area (Å²) >= 11 is 1.31. The van der Waals surface area contributed by atoms with E-state index in [1.54, 1.807) is 23.1 Å². The minimum absolute atomic E-state index is 0.0297. The van der Waals surface area contributed by atoms with Gasteiger partial charge in [-0.15, -0.1) is 11.8 Å². The van der Waals surface area contributed by atoms with Crippen LogP contribution in [-0.2, 0) is 13.1 Å². The lowest BCUT2D eigenvalue weighted by Gasteiger charge is -2.36. The van der Waals surface area contributed by atoms with Gasteiger partial charge in [-0.1, -0.05) is 6.07 Å². The highest BCUT2D eigenvalue weighted by atomic mass is 32.2. The number of aliphatic hydroxyl groups excluding tert-OH is 1. The first-order chi connectivity index (χ1) is 15.7. The van der Waals surface area contributed by atoms with Crippen molar-refractivity contribution in [3.05, 3.63) is 88.5 Å². The zero-order valence-electron chi connectivity index (χ0n) is 17.1. The van der Waals surface area contributed by atoms with E-state index in [0.29, 0.717) is 22.7 Å². The topological polar surface area (TPSA) is 78.6 Å². The molecule has 5 nitrogen and oxygen atoms in total. The maximum atomic E-state index is 14.3. The van der Waals surface area contributed by atoms with Crippen molar-refractivity contribution in [1.29, 1.82) is 0 Å². The van der Waals surface area contributed by atoms with Gasteiger partial charge in [-0.05, 0) is 30.3 Å². The lowest BCUT2D eigenvalue weighted by molar-refractivity contribution is 0.0950. The molecule has 1 unspecified atom stereocenters. The number of hydrogen-bond acceptors (Lipinski definition) is 5. The largest absolute Gasteiger partial charge is 0.398 e. The molecular formula is C23H19F4N3O2S. The summed E-state index contributed by atoms with van der Waals surface area (Å²) in [7, 11) is 0. The quantitative estimate of drug-likeness (QED) is 0.380. The minimum Gasteiger partial charge on any atom is -0.398 e. The van der Waals surface area contributed by atoms with Gasteiger partial charge in [0.15, 0.2) is 0 Å². The number of anilines is 2. The van der Waals surface area contributed by atoms with Gasteiger partial charge in [0.05, 0.1) is 12.2 Å². The second kappa shape index (κ2) is 9.32. The summed E-state index contributed by atoms with van der Waals surface area (Å²) in [5, 5.41) is 12.9. The Hall–Kier alpha value is -3.24. The third-order valence-electron chi connectivity index (χ3n) is 5.29. The van der Waals surface area contributed by atoms with E-state index in [1.807, 2.05) is 0 Å². The number of carbonyl (C=O) groups excluding carboxylic acids is 1. The number of thioether (sulfide) groups is 1. The number of benzene rings is 3. The SMILES string of the molecule is Nc1cccc(F)c1CN1c2ccc(C(=O)NCc3c(F)cc(F)cc3F)cc2SCC1O. The average molecular weight is 477 g/mol. The van der Waals surface area contributed by atoms with Crippen molar-refractivity contribution < 1.29 is 27.5 Å². The fourth-order valence-corrected chi connectivity index (χ4v) is 4.59. The van der Waals surface area contributed by atoms with Gasteiger partial charge < -0.3 is 21.1 Å². The molecule has 4 N–H and O–H groups in total. The van der Waals surface area contributed by atoms with Crippen molar-refractivity contribution in [1.82, 2.24) is 5.32 Å². The number of nitrogens with two attached hydrogens (primary N) is 1. The molecule has 3 aromatic rings. The smallest absolute Gasteiger partial charge is 0.251 e. The molecule has 4 rings (SSSR count). The van der Waals surface area contributed by atoms with Crippen molar-refractivity contribution in [3.63, 3.8) is 0 Å². The van der Waals surface area contributed by atoms with Crippen LogP contribution in [0.4, 0.5) is 28.9 Å². The molecule has 0 spiro atoms. The highest BCUT2D eigenvalue weighted by Gasteiger charge is 2.27. The van der Waals surface area contributed by atoms with Gasteiger partial charge in [0.1, 0.15) is 29.5 Å². The summed E-state index contributed by atoms with van der Waals surface area (Å²) in [5.74, 6) is -4.03. The molecule has 0 saturated heterocycles. The first-order valence-corrected chi connectivity index (χ1v) is 10.9. The Labute approximate surface area is 191 Å². The third-order valence-corrected chi connectivity index (χ3v) is 6.40. The maximum Gasteiger partial charge on any atom is 0.251 e. The van der Waals surface area contributed by atoms with Crippen molar-refractivity contribution in [2.45, 2.75) is 24.2 Å². The van der Waals surface area contributed by atoms with Crippen LogP contribution in [0.25, 0.3) is 0 Å². The van der Waals surface area contributed by atoms with E-state index in [2.05, 4.69) is 5.32 Å². The lowest BCUT2D eigenvalue weighted by Crippen LogP contribution is -2.39. The Morgan fingerprint density at radius 3 is 2.48 bits per heavy atom. The summed E-state index contributed by atoms with van der Waals surface area (Å²) < 4.78 is 54.9. The van der Waals surface area contributed by atoms with Crippen molar-refractivity contribution in [2.75, 3.05) is 16.4 Å². The monoisotopic (exact) mass is 477 g/mol. The first-order valence-electron chi connectivity index (χ1n) is 9.90. The van der Waals surface area contributed by atoms with E-state index in [-0.39, 0.29) is 29.1 Å². The fraction of sp³-hybridized carbons (Fsp3) is 0.174. The van der Waals surface area contributed by atoms with E-state index >= 15 is 0 Å². The second-order valence-electron chi connectivity index (χ2n) is 7.44. The Balaban J connectivity index is 1.54. The summed E-state index contributed by atoms with van der Waals surface area (Å²) in [6, 6.07) is 10.1. The predicted octanol–water partition coefficient (Wildman–Crippen LogP) is 4.19. The molecule has 1 heterocycles. The number of nitrogen functional groups attached to an aromatic ring is 1. The first kappa shape index (κ1) is 22.9. The van der Waals surface area contributed by atoms with E-state index in [9.17, 15) is 27.5 Å². The number of halogens is 4. The summed E-state index contributed by atoms with van der Waals surface area (Å²) in [6.07, 6.45) is -0.898. The van der Waals surface area contributed by atoms with E-state index < -0.39 is 47.5 Å². The highest BCUT2D eigenvalue weighted by Crippen LogP contribution is 2.39. The van der Waals surface area contributed by atoms with Crippen LogP contribution in [0.15, 0.2) is 53.4 Å². The fourth-order valence-electron chi connectivity index (χ4n) is 3.54. The van der Waals surface area contributed by atoms with Crippen LogP contribution in [0.3, 0.4) is 0 Å². The van der Waals surface area contributed by atoms with Crippen LogP contribution in [-0.4, -0.2) is 23.0 Å². The van der Waals surface area contributed by atoms with Crippen LogP contribution in [0.5, 0.6) is 0 Å². The molecule has 33 heavy (non-hydrogen) atoms. The average Bonchev–Trinajstić information content (AvgIpc) is 2.76. The molecule has 0 fully saturated rings. The Bertz CT molecular complexity index is 1180. The second-order valence-corrected chi connectivity index (χ2v) is 8.50. The number of nitrogens with one attached hydrogen (secondary N) is 1. The molecule has 0 bridgehead atoms. The number of aliphatic hydroxyl groups is 1. The molecule has 0 aromatic heterocycles. The number of amides is 1. The van der Waals surface area contributed by atoms with Crippen LogP contribution < -0.4 is 16.0 Å². The zero-order chi connectivity index (χ0) is 23.7. The molecule has 0 aliphatic carbocycles. The van der Waals surface area contributed by atoms with E-state index in [0.717, 1.165) is 0 Å². The van der Waals surface area contributed by atoms with Gasteiger partial charge >= 0.3 is 0 Å². The number of hydrogen-bond donors (Lipinski definition) is 3. The van der Waals surface area contributed by atoms with Gasteiger partial charge in [-0.2, -0.15) is 0 Å². The van der Waals surface area contributed by atoms with E-state index in [1.165, 1.54) is 30.0 Å². The molecule has 10 heteroatoms. The molecule has 0 saturated carbocycles. The minimum atomic E-state index is -1.09. The van der Waals surface area contributed by atoms with Gasteiger partial charge in [-0.3, -0.25) is 4.79 Å². The molecule has 1 amide bonds. The van der Waals surface area contributed by atoms with Gasteiger partial charge in [0.25, 0.3) is 5.91 Å². The zero-order valence-corrected chi connectivity index (χ0v) is 17.9. The van der Waals surface area contributed by atoms with Crippen LogP contribution in [0.1, 0.15) is 21.5 Å². The van der Waals surface area contributed by atoms with Gasteiger partial charge in [0.2, 0.25) is 0 Å². The molecule has 172 valence electrons. The van der Waals surface area contributed by atoms with Crippen LogP contribution >= 0.6 is 11.8 Å². The summed E-state index contributed by atoms with van der Waals surface area (Å²) in [5.41, 5.74) is 6.78. The Kier molecular flexibility index (Phi) is 6.48. The third kappa shape index (κ3) is 4.76. The standard InChI is InChI=1S/C23H19F4N3O2S/c24-13-7-17(26)14(18(27)8-13)9-29-23(32)12-4-5-20-21(6-12)33-11-22(31)30(20)10-15-16(25)2-1-3-19(15)28/h1-8,22,31H,9-11,28H2,(H,29,32). The van der Waals surface area contributed by atoms with Gasteiger partial charge in [-0.25, -0.2) is 17.6 Å². The summed E-state index contributed by atoms with van der Waals surface area (Å²) in [6.45, 7) is -0.430. The number of nitrogens with zero attached hydrogens (tertiary/aromatic N) is 1. The van der Waals surface area contributed by atoms with Crippen LogP contribution in [0.2, 0.25) is 0 Å². The van der Waals surface area contributed by atoms with Crippen LogP contribution in [0, 0.1) is 23.3 Å². The lowest BCUT2D eigenvalue weighted by atomic mass is 10.1. The number of fused-ring (bicyclic) bond motifs is 1. The Morgan fingerprint density at radius 1 is 1.06 bits per heavy atom. The highest BCUT2D eigenvalue weighted by molar-refractivity contribution is 7.99. The predicted molar refractivity (Wildman–Crippen MR) is 118 cm³/mol. The molecule has 0 radical (unpaired) electrons. The van der Waals surface area contributed by atoms with Crippen molar-refractivity contribution in [3.8, 4) is 0 Å². The maximum absolute atomic E-state index is 14.3. The number of rotatable bonds is 5. The molecule has 1 atom stereocenters. The molecule has 1 aliphatic heterocycles.